The molecule has 0 aromatic heterocycles. The summed E-state index contributed by atoms with van der Waals surface area (Å²) < 4.78 is 13.3. The lowest BCUT2D eigenvalue weighted by molar-refractivity contribution is 0.00578. The number of aryl methyl sites for hydroxylation is 1. The maximum absolute atomic E-state index is 6.09. The van der Waals surface area contributed by atoms with E-state index in [1.165, 1.54) is 5.56 Å². The van der Waals surface area contributed by atoms with Crippen LogP contribution in [0.2, 0.25) is 0 Å². The molecule has 0 amide bonds. The molecular weight excluding hydrogens is 347 g/mol. The third-order valence-electron chi connectivity index (χ3n) is 4.27. The van der Waals surface area contributed by atoms with Crippen molar-refractivity contribution >= 4 is 41.8 Å². The fraction of sp³-hybridized carbons (Fsp3) is 0.500. The lowest BCUT2D eigenvalue weighted by atomic mass is 9.78. The van der Waals surface area contributed by atoms with Crippen LogP contribution in [0.3, 0.4) is 0 Å². The molecule has 1 saturated heterocycles. The van der Waals surface area contributed by atoms with Crippen molar-refractivity contribution in [1.29, 1.82) is 0 Å². The monoisotopic (exact) mass is 368 g/mol. The fourth-order valence-corrected chi connectivity index (χ4v) is 2.64. The van der Waals surface area contributed by atoms with Crippen molar-refractivity contribution in [3.05, 3.63) is 39.3 Å². The van der Waals surface area contributed by atoms with Gasteiger partial charge in [0.05, 0.1) is 11.2 Å². The molecule has 21 heavy (non-hydrogen) atoms. The second kappa shape index (κ2) is 6.11. The van der Waals surface area contributed by atoms with Gasteiger partial charge >= 0.3 is 7.12 Å². The molecule has 0 atom stereocenters. The summed E-state index contributed by atoms with van der Waals surface area (Å²) in [6.07, 6.45) is 2.11. The Labute approximate surface area is 142 Å². The van der Waals surface area contributed by atoms with Gasteiger partial charge in [-0.1, -0.05) is 34.1 Å². The third-order valence-corrected chi connectivity index (χ3v) is 5.53. The molecule has 0 bridgehead atoms. The summed E-state index contributed by atoms with van der Waals surface area (Å²) in [5.74, 6) is 0.603. The van der Waals surface area contributed by atoms with E-state index in [1.54, 1.807) is 0 Å². The Balaban J connectivity index is 2.28. The van der Waals surface area contributed by atoms with Gasteiger partial charge in [-0.3, -0.25) is 0 Å². The Morgan fingerprint density at radius 3 is 2.29 bits per heavy atom. The molecule has 0 spiro atoms. The van der Waals surface area contributed by atoms with E-state index in [4.69, 9.17) is 9.31 Å². The smallest absolute Gasteiger partial charge is 0.400 e. The highest BCUT2D eigenvalue weighted by molar-refractivity contribution is 9.10. The van der Waals surface area contributed by atoms with Gasteiger partial charge < -0.3 is 9.31 Å². The molecule has 1 aliphatic rings. The highest BCUT2D eigenvalue weighted by atomic mass is 79.9. The normalized spacial score (nSPS) is 20.9. The SMILES string of the molecule is Cc1cc(C=C(CS)B2OC(C)(C)C(C)(C)O2)ccc1Br. The van der Waals surface area contributed by atoms with Crippen molar-refractivity contribution in [2.24, 2.45) is 0 Å². The zero-order valence-electron chi connectivity index (χ0n) is 13.2. The van der Waals surface area contributed by atoms with Crippen LogP contribution in [0.4, 0.5) is 0 Å². The summed E-state index contributed by atoms with van der Waals surface area (Å²) in [7, 11) is -0.337. The first-order chi connectivity index (χ1) is 9.66. The first-order valence-corrected chi connectivity index (χ1v) is 8.52. The van der Waals surface area contributed by atoms with E-state index in [-0.39, 0.29) is 18.3 Å². The lowest BCUT2D eigenvalue weighted by Gasteiger charge is -2.32. The van der Waals surface area contributed by atoms with E-state index >= 15 is 0 Å². The minimum atomic E-state index is -0.337. The van der Waals surface area contributed by atoms with Gasteiger partial charge in [-0.15, -0.1) is 0 Å². The average molecular weight is 369 g/mol. The molecule has 1 heterocycles. The molecule has 2 rings (SSSR count). The second-order valence-corrected chi connectivity index (χ2v) is 7.64. The molecule has 0 radical (unpaired) electrons. The summed E-state index contributed by atoms with van der Waals surface area (Å²) in [5, 5.41) is 0. The number of halogens is 1. The highest BCUT2D eigenvalue weighted by Crippen LogP contribution is 2.39. The minimum Gasteiger partial charge on any atom is -0.400 e. The first kappa shape index (κ1) is 17.1. The number of thiol groups is 1. The predicted molar refractivity (Wildman–Crippen MR) is 96.8 cm³/mol. The number of hydrogen-bond donors (Lipinski definition) is 1. The van der Waals surface area contributed by atoms with Gasteiger partial charge in [-0.2, -0.15) is 12.6 Å². The van der Waals surface area contributed by atoms with E-state index in [2.05, 4.69) is 87.5 Å². The van der Waals surface area contributed by atoms with E-state index in [0.29, 0.717) is 5.75 Å². The molecule has 0 unspecified atom stereocenters. The molecule has 1 aromatic carbocycles. The van der Waals surface area contributed by atoms with Crippen LogP contribution in [0.25, 0.3) is 6.08 Å². The van der Waals surface area contributed by atoms with Gasteiger partial charge in [0.1, 0.15) is 0 Å². The van der Waals surface area contributed by atoms with Crippen LogP contribution in [0, 0.1) is 6.92 Å². The summed E-state index contributed by atoms with van der Waals surface area (Å²) in [4.78, 5) is 0. The van der Waals surface area contributed by atoms with Gasteiger partial charge in [0.25, 0.3) is 0 Å². The molecule has 5 heteroatoms. The highest BCUT2D eigenvalue weighted by Gasteiger charge is 2.52. The van der Waals surface area contributed by atoms with Crippen LogP contribution >= 0.6 is 28.6 Å². The molecular formula is C16H22BBrO2S. The lowest BCUT2D eigenvalue weighted by Crippen LogP contribution is -2.41. The molecule has 114 valence electrons. The van der Waals surface area contributed by atoms with Crippen molar-refractivity contribution in [3.63, 3.8) is 0 Å². The zero-order valence-corrected chi connectivity index (χ0v) is 15.7. The van der Waals surface area contributed by atoms with Crippen molar-refractivity contribution in [2.75, 3.05) is 5.75 Å². The second-order valence-electron chi connectivity index (χ2n) is 6.47. The van der Waals surface area contributed by atoms with Gasteiger partial charge in [0.15, 0.2) is 0 Å². The van der Waals surface area contributed by atoms with Crippen LogP contribution in [-0.2, 0) is 9.31 Å². The Kier molecular flexibility index (Phi) is 4.99. The molecule has 0 aliphatic carbocycles. The summed E-state index contributed by atoms with van der Waals surface area (Å²) >= 11 is 7.97. The van der Waals surface area contributed by atoms with Crippen LogP contribution in [0.1, 0.15) is 38.8 Å². The number of benzene rings is 1. The third kappa shape index (κ3) is 3.58. The molecule has 2 nitrogen and oxygen atoms in total. The quantitative estimate of drug-likeness (QED) is 0.615. The van der Waals surface area contributed by atoms with Crippen LogP contribution < -0.4 is 0 Å². The van der Waals surface area contributed by atoms with E-state index in [0.717, 1.165) is 15.5 Å². The van der Waals surface area contributed by atoms with Crippen LogP contribution in [0.5, 0.6) is 0 Å². The molecule has 1 fully saturated rings. The van der Waals surface area contributed by atoms with Gasteiger partial charge in [-0.05, 0) is 57.3 Å². The van der Waals surface area contributed by atoms with Gasteiger partial charge in [-0.25, -0.2) is 0 Å². The number of rotatable bonds is 3. The van der Waals surface area contributed by atoms with Crippen molar-refractivity contribution in [3.8, 4) is 0 Å². The molecule has 0 saturated carbocycles. The molecule has 1 aromatic rings. The Morgan fingerprint density at radius 1 is 1.24 bits per heavy atom. The topological polar surface area (TPSA) is 18.5 Å². The van der Waals surface area contributed by atoms with E-state index < -0.39 is 0 Å². The maximum Gasteiger partial charge on any atom is 0.491 e. The average Bonchev–Trinajstić information content (AvgIpc) is 2.59. The summed E-state index contributed by atoms with van der Waals surface area (Å²) in [6, 6.07) is 6.27. The molecule has 1 aliphatic heterocycles. The van der Waals surface area contributed by atoms with Gasteiger partial charge in [0.2, 0.25) is 0 Å². The first-order valence-electron chi connectivity index (χ1n) is 7.09. The van der Waals surface area contributed by atoms with Crippen molar-refractivity contribution in [2.45, 2.75) is 45.8 Å². The fourth-order valence-electron chi connectivity index (χ4n) is 2.15. The summed E-state index contributed by atoms with van der Waals surface area (Å²) in [5.41, 5.74) is 2.73. The van der Waals surface area contributed by atoms with E-state index in [1.807, 2.05) is 0 Å². The van der Waals surface area contributed by atoms with Crippen LogP contribution in [-0.4, -0.2) is 24.1 Å². The van der Waals surface area contributed by atoms with Crippen LogP contribution in [0.15, 0.2) is 28.1 Å². The largest absolute Gasteiger partial charge is 0.491 e. The summed E-state index contributed by atoms with van der Waals surface area (Å²) in [6.45, 7) is 10.3. The van der Waals surface area contributed by atoms with Crippen molar-refractivity contribution < 1.29 is 9.31 Å². The van der Waals surface area contributed by atoms with Gasteiger partial charge in [0, 0.05) is 10.2 Å². The maximum atomic E-state index is 6.09. The Hall–Kier alpha value is -0.225. The predicted octanol–water partition coefficient (Wildman–Crippen LogP) is 4.70. The Bertz CT molecular complexity index is 553. The van der Waals surface area contributed by atoms with E-state index in [9.17, 15) is 0 Å². The standard InChI is InChI=1S/C16H22BBrO2S/c1-11-8-12(6-7-14(11)18)9-13(10-21)17-19-15(2,3)16(4,5)20-17/h6-9,21H,10H2,1-5H3. The Morgan fingerprint density at radius 2 is 1.81 bits per heavy atom. The number of hydrogen-bond acceptors (Lipinski definition) is 3. The molecule has 0 N–H and O–H groups in total. The van der Waals surface area contributed by atoms with Crippen molar-refractivity contribution in [1.82, 2.24) is 0 Å². The zero-order chi connectivity index (χ0) is 15.8. The minimum absolute atomic E-state index is 0.324.